The summed E-state index contributed by atoms with van der Waals surface area (Å²) in [6.07, 6.45) is 2.09. The molecule has 0 saturated carbocycles. The van der Waals surface area contributed by atoms with Crippen molar-refractivity contribution in [2.24, 2.45) is 11.3 Å². The number of hydrogen-bond donors (Lipinski definition) is 0. The van der Waals surface area contributed by atoms with Crippen molar-refractivity contribution in [2.75, 3.05) is 52.6 Å². The van der Waals surface area contributed by atoms with Gasteiger partial charge in [0.2, 0.25) is 11.8 Å². The molecule has 27 heavy (non-hydrogen) atoms. The number of benzene rings is 1. The van der Waals surface area contributed by atoms with Crippen LogP contribution in [-0.4, -0.2) is 74.2 Å². The minimum absolute atomic E-state index is 0.115. The van der Waals surface area contributed by atoms with E-state index in [0.29, 0.717) is 59.0 Å². The largest absolute Gasteiger partial charge is 0.381 e. The molecule has 0 unspecified atom stereocenters. The Morgan fingerprint density at radius 3 is 2.33 bits per heavy atom. The molecule has 0 bridgehead atoms. The molecule has 2 amide bonds. The third kappa shape index (κ3) is 3.87. The number of nitrogens with zero attached hydrogens (tertiary/aromatic N) is 2. The molecular formula is C21H28N2O4. The molecule has 146 valence electrons. The van der Waals surface area contributed by atoms with E-state index in [1.54, 1.807) is 0 Å². The lowest BCUT2D eigenvalue weighted by Gasteiger charge is -2.39. The molecule has 3 heterocycles. The summed E-state index contributed by atoms with van der Waals surface area (Å²) in [5.41, 5.74) is 0.881. The van der Waals surface area contributed by atoms with Gasteiger partial charge in [0.25, 0.3) is 0 Å². The van der Waals surface area contributed by atoms with Crippen LogP contribution in [0.5, 0.6) is 0 Å². The van der Waals surface area contributed by atoms with Crippen molar-refractivity contribution in [3.8, 4) is 0 Å². The van der Waals surface area contributed by atoms with E-state index in [1.807, 2.05) is 40.1 Å². The quantitative estimate of drug-likeness (QED) is 0.804. The summed E-state index contributed by atoms with van der Waals surface area (Å²) in [5, 5.41) is 0. The van der Waals surface area contributed by atoms with E-state index in [-0.39, 0.29) is 23.1 Å². The highest BCUT2D eigenvalue weighted by atomic mass is 16.5. The second kappa shape index (κ2) is 7.98. The predicted octanol–water partition coefficient (Wildman–Crippen LogP) is 1.34. The molecule has 4 rings (SSSR count). The highest BCUT2D eigenvalue weighted by Crippen LogP contribution is 2.45. The van der Waals surface area contributed by atoms with Gasteiger partial charge < -0.3 is 19.3 Å². The van der Waals surface area contributed by atoms with Crippen LogP contribution in [0.25, 0.3) is 0 Å². The molecule has 3 saturated heterocycles. The van der Waals surface area contributed by atoms with Gasteiger partial charge in [0.05, 0.1) is 25.6 Å². The minimum atomic E-state index is -0.139. The lowest BCUT2D eigenvalue weighted by molar-refractivity contribution is -0.144. The van der Waals surface area contributed by atoms with Crippen molar-refractivity contribution in [3.63, 3.8) is 0 Å². The standard InChI is InChI=1S/C21H28N2O4/c24-19(14-17-4-2-1-3-5-17)23-15-18(20(25)22-8-12-27-13-9-22)21(16-23)6-10-26-11-7-21/h1-5,18H,6-16H2/t18-/m0/s1. The molecule has 1 aromatic rings. The van der Waals surface area contributed by atoms with E-state index in [0.717, 1.165) is 18.4 Å². The van der Waals surface area contributed by atoms with Crippen LogP contribution in [0.1, 0.15) is 18.4 Å². The summed E-state index contributed by atoms with van der Waals surface area (Å²) < 4.78 is 11.0. The molecule has 6 nitrogen and oxygen atoms in total. The van der Waals surface area contributed by atoms with Crippen LogP contribution >= 0.6 is 0 Å². The Labute approximate surface area is 160 Å². The van der Waals surface area contributed by atoms with Gasteiger partial charge >= 0.3 is 0 Å². The number of amides is 2. The van der Waals surface area contributed by atoms with E-state index >= 15 is 0 Å². The molecule has 1 atom stereocenters. The van der Waals surface area contributed by atoms with Crippen molar-refractivity contribution in [2.45, 2.75) is 19.3 Å². The zero-order chi connectivity index (χ0) is 18.7. The van der Waals surface area contributed by atoms with Crippen LogP contribution in [-0.2, 0) is 25.5 Å². The summed E-state index contributed by atoms with van der Waals surface area (Å²) in [5.74, 6) is 0.179. The van der Waals surface area contributed by atoms with E-state index < -0.39 is 0 Å². The number of hydrogen-bond acceptors (Lipinski definition) is 4. The number of ether oxygens (including phenoxy) is 2. The van der Waals surface area contributed by atoms with Crippen LogP contribution in [0.15, 0.2) is 30.3 Å². The number of carbonyl (C=O) groups excluding carboxylic acids is 2. The van der Waals surface area contributed by atoms with Crippen molar-refractivity contribution >= 4 is 11.8 Å². The van der Waals surface area contributed by atoms with Crippen molar-refractivity contribution in [1.82, 2.24) is 9.80 Å². The van der Waals surface area contributed by atoms with Crippen LogP contribution in [0.4, 0.5) is 0 Å². The fourth-order valence-corrected chi connectivity index (χ4v) is 4.67. The lowest BCUT2D eigenvalue weighted by Crippen LogP contribution is -2.49. The number of carbonyl (C=O) groups is 2. The number of likely N-dealkylation sites (tertiary alicyclic amines) is 1. The van der Waals surface area contributed by atoms with Gasteiger partial charge in [-0.1, -0.05) is 30.3 Å². The Kier molecular flexibility index (Phi) is 5.45. The van der Waals surface area contributed by atoms with Gasteiger partial charge in [-0.2, -0.15) is 0 Å². The third-order valence-corrected chi connectivity index (χ3v) is 6.31. The smallest absolute Gasteiger partial charge is 0.228 e. The first-order valence-electron chi connectivity index (χ1n) is 9.94. The van der Waals surface area contributed by atoms with Gasteiger partial charge in [0.15, 0.2) is 0 Å². The predicted molar refractivity (Wildman–Crippen MR) is 100 cm³/mol. The molecule has 0 N–H and O–H groups in total. The van der Waals surface area contributed by atoms with E-state index in [9.17, 15) is 9.59 Å². The molecule has 3 fully saturated rings. The van der Waals surface area contributed by atoms with E-state index in [2.05, 4.69) is 0 Å². The van der Waals surface area contributed by atoms with Gasteiger partial charge in [0.1, 0.15) is 0 Å². The fraction of sp³-hybridized carbons (Fsp3) is 0.619. The normalized spacial score (nSPS) is 25.0. The van der Waals surface area contributed by atoms with Crippen molar-refractivity contribution in [1.29, 1.82) is 0 Å². The van der Waals surface area contributed by atoms with Gasteiger partial charge in [-0.15, -0.1) is 0 Å². The highest BCUT2D eigenvalue weighted by Gasteiger charge is 2.52. The van der Waals surface area contributed by atoms with Crippen LogP contribution in [0.2, 0.25) is 0 Å². The first-order chi connectivity index (χ1) is 13.2. The molecule has 0 aromatic heterocycles. The van der Waals surface area contributed by atoms with Crippen LogP contribution < -0.4 is 0 Å². The average molecular weight is 372 g/mol. The highest BCUT2D eigenvalue weighted by molar-refractivity contribution is 5.84. The second-order valence-electron chi connectivity index (χ2n) is 7.90. The molecule has 0 aliphatic carbocycles. The molecule has 3 aliphatic rings. The molecule has 6 heteroatoms. The molecule has 0 radical (unpaired) electrons. The Bertz CT molecular complexity index is 666. The maximum Gasteiger partial charge on any atom is 0.228 e. The maximum absolute atomic E-state index is 13.3. The van der Waals surface area contributed by atoms with Crippen molar-refractivity contribution < 1.29 is 19.1 Å². The Morgan fingerprint density at radius 2 is 1.63 bits per heavy atom. The van der Waals surface area contributed by atoms with Gasteiger partial charge in [-0.3, -0.25) is 9.59 Å². The van der Waals surface area contributed by atoms with Crippen molar-refractivity contribution in [3.05, 3.63) is 35.9 Å². The zero-order valence-electron chi connectivity index (χ0n) is 15.8. The summed E-state index contributed by atoms with van der Waals surface area (Å²) >= 11 is 0. The van der Waals surface area contributed by atoms with Gasteiger partial charge in [-0.25, -0.2) is 0 Å². The Morgan fingerprint density at radius 1 is 0.963 bits per heavy atom. The van der Waals surface area contributed by atoms with Gasteiger partial charge in [0, 0.05) is 44.8 Å². The van der Waals surface area contributed by atoms with Crippen LogP contribution in [0, 0.1) is 11.3 Å². The lowest BCUT2D eigenvalue weighted by atomic mass is 9.71. The SMILES string of the molecule is O=C(Cc1ccccc1)N1C[C@@H](C(=O)N2CCOCC2)C2(CCOCC2)C1. The number of morpholine rings is 1. The van der Waals surface area contributed by atoms with E-state index in [1.165, 1.54) is 0 Å². The third-order valence-electron chi connectivity index (χ3n) is 6.31. The molecule has 1 aromatic carbocycles. The maximum atomic E-state index is 13.3. The topological polar surface area (TPSA) is 59.1 Å². The average Bonchev–Trinajstić information content (AvgIpc) is 3.08. The Balaban J connectivity index is 1.50. The Hall–Kier alpha value is -1.92. The molecule has 1 spiro atoms. The first kappa shape index (κ1) is 18.4. The fourth-order valence-electron chi connectivity index (χ4n) is 4.67. The monoisotopic (exact) mass is 372 g/mol. The van der Waals surface area contributed by atoms with Crippen LogP contribution in [0.3, 0.4) is 0 Å². The molecule has 3 aliphatic heterocycles. The first-order valence-corrected chi connectivity index (χ1v) is 9.94. The molecular weight excluding hydrogens is 344 g/mol. The summed E-state index contributed by atoms with van der Waals surface area (Å²) in [4.78, 5) is 30.1. The minimum Gasteiger partial charge on any atom is -0.381 e. The summed E-state index contributed by atoms with van der Waals surface area (Å²) in [7, 11) is 0. The summed E-state index contributed by atoms with van der Waals surface area (Å²) in [6, 6.07) is 9.83. The summed E-state index contributed by atoms with van der Waals surface area (Å²) in [6.45, 7) is 5.06. The zero-order valence-corrected chi connectivity index (χ0v) is 15.8. The number of rotatable bonds is 3. The van der Waals surface area contributed by atoms with Gasteiger partial charge in [-0.05, 0) is 18.4 Å². The van der Waals surface area contributed by atoms with E-state index in [4.69, 9.17) is 9.47 Å². The second-order valence-corrected chi connectivity index (χ2v) is 7.90.